The van der Waals surface area contributed by atoms with Gasteiger partial charge in [0.1, 0.15) is 5.54 Å². The standard InChI is InChI=1S/C15H26N4O3.ClH/c1-4-22-11-7-15(16,14(11,2)3)12(20)18-5-6-19-10(9-18)8-17-13(19)21;/h10-11H,4-9,16H2,1-3H3,(H,17,21);1H. The molecule has 3 fully saturated rings. The van der Waals surface area contributed by atoms with Crippen LogP contribution in [0.5, 0.6) is 0 Å². The lowest BCUT2D eigenvalue weighted by Crippen LogP contribution is -2.77. The molecule has 0 aromatic rings. The summed E-state index contributed by atoms with van der Waals surface area (Å²) in [4.78, 5) is 28.2. The summed E-state index contributed by atoms with van der Waals surface area (Å²) in [6, 6.07) is 0.0413. The Kier molecular flexibility index (Phi) is 4.86. The van der Waals surface area contributed by atoms with Gasteiger partial charge in [-0.05, 0) is 6.92 Å². The quantitative estimate of drug-likeness (QED) is 0.763. The number of nitrogens with one attached hydrogen (secondary N) is 1. The first kappa shape index (κ1) is 18.3. The smallest absolute Gasteiger partial charge is 0.317 e. The van der Waals surface area contributed by atoms with Crippen LogP contribution < -0.4 is 11.1 Å². The number of ether oxygens (including phenoxy) is 1. The maximum absolute atomic E-state index is 13.0. The number of hydrogen-bond donors (Lipinski definition) is 2. The minimum atomic E-state index is -0.870. The van der Waals surface area contributed by atoms with Crippen molar-refractivity contribution in [3.8, 4) is 0 Å². The molecule has 8 heteroatoms. The average Bonchev–Trinajstić information content (AvgIpc) is 2.87. The summed E-state index contributed by atoms with van der Waals surface area (Å²) >= 11 is 0. The Labute approximate surface area is 143 Å². The van der Waals surface area contributed by atoms with Gasteiger partial charge < -0.3 is 25.6 Å². The third-order valence-corrected chi connectivity index (χ3v) is 5.73. The Morgan fingerprint density at radius 2 is 2.13 bits per heavy atom. The van der Waals surface area contributed by atoms with Gasteiger partial charge in [0.15, 0.2) is 0 Å². The van der Waals surface area contributed by atoms with E-state index < -0.39 is 5.54 Å². The number of piperazine rings is 1. The number of rotatable bonds is 3. The van der Waals surface area contributed by atoms with E-state index in [2.05, 4.69) is 5.32 Å². The fraction of sp³-hybridized carbons (Fsp3) is 0.867. The third kappa shape index (κ3) is 2.58. The van der Waals surface area contributed by atoms with Crippen LogP contribution in [0.25, 0.3) is 0 Å². The summed E-state index contributed by atoms with van der Waals surface area (Å²) in [6.45, 7) is 8.89. The van der Waals surface area contributed by atoms with E-state index in [4.69, 9.17) is 10.5 Å². The summed E-state index contributed by atoms with van der Waals surface area (Å²) in [6.07, 6.45) is 0.594. The molecule has 0 aromatic heterocycles. The zero-order valence-electron chi connectivity index (χ0n) is 14.0. The second kappa shape index (κ2) is 6.11. The maximum atomic E-state index is 13.0. The molecule has 0 bridgehead atoms. The van der Waals surface area contributed by atoms with E-state index >= 15 is 0 Å². The lowest BCUT2D eigenvalue weighted by atomic mass is 9.54. The summed E-state index contributed by atoms with van der Waals surface area (Å²) in [5.74, 6) is -0.00699. The van der Waals surface area contributed by atoms with Gasteiger partial charge >= 0.3 is 6.03 Å². The van der Waals surface area contributed by atoms with Gasteiger partial charge in [-0.3, -0.25) is 4.79 Å². The number of nitrogens with zero attached hydrogens (tertiary/aromatic N) is 2. The molecule has 0 aromatic carbocycles. The van der Waals surface area contributed by atoms with E-state index in [1.54, 1.807) is 0 Å². The van der Waals surface area contributed by atoms with Crippen molar-refractivity contribution in [2.24, 2.45) is 11.1 Å². The van der Waals surface area contributed by atoms with Crippen molar-refractivity contribution < 1.29 is 14.3 Å². The molecule has 3 amide bonds. The van der Waals surface area contributed by atoms with Crippen LogP contribution in [0.3, 0.4) is 0 Å². The Morgan fingerprint density at radius 1 is 1.43 bits per heavy atom. The van der Waals surface area contributed by atoms with E-state index in [0.717, 1.165) is 0 Å². The number of fused-ring (bicyclic) bond motifs is 1. The lowest BCUT2D eigenvalue weighted by molar-refractivity contribution is -0.180. The normalized spacial score (nSPS) is 35.0. The van der Waals surface area contributed by atoms with Gasteiger partial charge in [-0.15, -0.1) is 12.4 Å². The molecule has 1 aliphatic carbocycles. The number of amides is 3. The van der Waals surface area contributed by atoms with Gasteiger partial charge in [0.05, 0.1) is 12.1 Å². The molecule has 2 heterocycles. The Morgan fingerprint density at radius 3 is 2.74 bits per heavy atom. The number of nitrogens with two attached hydrogens (primary N) is 1. The summed E-state index contributed by atoms with van der Waals surface area (Å²) in [5, 5.41) is 2.83. The van der Waals surface area contributed by atoms with Gasteiger partial charge in [0, 0.05) is 44.6 Å². The molecule has 3 N–H and O–H groups in total. The van der Waals surface area contributed by atoms with Crippen LogP contribution in [0.4, 0.5) is 4.79 Å². The molecule has 3 atom stereocenters. The van der Waals surface area contributed by atoms with Gasteiger partial charge in [-0.25, -0.2) is 4.79 Å². The number of hydrogen-bond acceptors (Lipinski definition) is 4. The van der Waals surface area contributed by atoms with Crippen LogP contribution in [0, 0.1) is 5.41 Å². The average molecular weight is 347 g/mol. The molecule has 0 radical (unpaired) electrons. The topological polar surface area (TPSA) is 87.9 Å². The second-order valence-corrected chi connectivity index (χ2v) is 7.13. The number of urea groups is 1. The fourth-order valence-corrected chi connectivity index (χ4v) is 3.87. The van der Waals surface area contributed by atoms with Crippen LogP contribution in [-0.2, 0) is 9.53 Å². The highest BCUT2D eigenvalue weighted by molar-refractivity contribution is 5.89. The zero-order chi connectivity index (χ0) is 16.1. The minimum absolute atomic E-state index is 0. The van der Waals surface area contributed by atoms with E-state index in [0.29, 0.717) is 39.2 Å². The molecule has 2 saturated heterocycles. The summed E-state index contributed by atoms with van der Waals surface area (Å²) in [7, 11) is 0. The number of carbonyl (C=O) groups excluding carboxylic acids is 2. The van der Waals surface area contributed by atoms with Crippen LogP contribution in [-0.4, -0.2) is 72.2 Å². The van der Waals surface area contributed by atoms with Gasteiger partial charge in [0.25, 0.3) is 0 Å². The molecule has 23 heavy (non-hydrogen) atoms. The first-order chi connectivity index (χ1) is 10.3. The van der Waals surface area contributed by atoms with E-state index in [1.807, 2.05) is 30.6 Å². The molecule has 1 saturated carbocycles. The van der Waals surface area contributed by atoms with E-state index in [9.17, 15) is 9.59 Å². The second-order valence-electron chi connectivity index (χ2n) is 7.13. The molecule has 7 nitrogen and oxygen atoms in total. The maximum Gasteiger partial charge on any atom is 0.317 e. The highest BCUT2D eigenvalue weighted by Gasteiger charge is 2.64. The van der Waals surface area contributed by atoms with Crippen LogP contribution in [0.1, 0.15) is 27.2 Å². The fourth-order valence-electron chi connectivity index (χ4n) is 3.87. The van der Waals surface area contributed by atoms with Crippen molar-refractivity contribution in [2.45, 2.75) is 44.9 Å². The summed E-state index contributed by atoms with van der Waals surface area (Å²) < 4.78 is 5.70. The minimum Gasteiger partial charge on any atom is -0.378 e. The lowest BCUT2D eigenvalue weighted by Gasteiger charge is -2.59. The zero-order valence-corrected chi connectivity index (χ0v) is 14.8. The monoisotopic (exact) mass is 346 g/mol. The van der Waals surface area contributed by atoms with Crippen molar-refractivity contribution in [1.29, 1.82) is 0 Å². The van der Waals surface area contributed by atoms with E-state index in [1.165, 1.54) is 0 Å². The van der Waals surface area contributed by atoms with E-state index in [-0.39, 0.29) is 41.9 Å². The predicted molar refractivity (Wildman–Crippen MR) is 88.5 cm³/mol. The molecule has 132 valence electrons. The molecule has 0 spiro atoms. The Hall–Kier alpha value is -1.05. The molecule has 3 unspecified atom stereocenters. The molecular formula is C15H27ClN4O3. The van der Waals surface area contributed by atoms with Crippen molar-refractivity contribution >= 4 is 24.3 Å². The van der Waals surface area contributed by atoms with Crippen LogP contribution in [0.2, 0.25) is 0 Å². The molecule has 3 aliphatic rings. The predicted octanol–water partition coefficient (Wildman–Crippen LogP) is 0.177. The first-order valence-corrected chi connectivity index (χ1v) is 8.05. The van der Waals surface area contributed by atoms with Crippen molar-refractivity contribution in [1.82, 2.24) is 15.1 Å². The van der Waals surface area contributed by atoms with Crippen LogP contribution >= 0.6 is 12.4 Å². The molecular weight excluding hydrogens is 320 g/mol. The number of halogens is 1. The molecule has 3 rings (SSSR count). The van der Waals surface area contributed by atoms with Crippen LogP contribution in [0.15, 0.2) is 0 Å². The first-order valence-electron chi connectivity index (χ1n) is 8.05. The van der Waals surface area contributed by atoms with Crippen molar-refractivity contribution in [3.63, 3.8) is 0 Å². The third-order valence-electron chi connectivity index (χ3n) is 5.73. The van der Waals surface area contributed by atoms with Crippen molar-refractivity contribution in [3.05, 3.63) is 0 Å². The van der Waals surface area contributed by atoms with Gasteiger partial charge in [-0.2, -0.15) is 0 Å². The summed E-state index contributed by atoms with van der Waals surface area (Å²) in [5.41, 5.74) is 5.23. The largest absolute Gasteiger partial charge is 0.378 e. The van der Waals surface area contributed by atoms with Crippen molar-refractivity contribution in [2.75, 3.05) is 32.8 Å². The highest BCUT2D eigenvalue weighted by Crippen LogP contribution is 2.50. The highest BCUT2D eigenvalue weighted by atomic mass is 35.5. The SMILES string of the molecule is CCOC1CC(N)(C(=O)N2CCN3C(=O)NCC3C2)C1(C)C.Cl. The Bertz CT molecular complexity index is 501. The molecule has 2 aliphatic heterocycles. The Balaban J connectivity index is 0.00000192. The van der Waals surface area contributed by atoms with Gasteiger partial charge in [0.2, 0.25) is 5.91 Å². The van der Waals surface area contributed by atoms with Gasteiger partial charge in [-0.1, -0.05) is 13.8 Å². The number of carbonyl (C=O) groups is 2.